The minimum atomic E-state index is -0.277. The number of benzene rings is 1. The summed E-state index contributed by atoms with van der Waals surface area (Å²) in [6, 6.07) is 7.01. The van der Waals surface area contributed by atoms with Crippen molar-refractivity contribution in [1.82, 2.24) is 9.88 Å². The summed E-state index contributed by atoms with van der Waals surface area (Å²) >= 11 is 0. The van der Waals surface area contributed by atoms with Crippen LogP contribution in [0.15, 0.2) is 28.7 Å². The molecule has 0 radical (unpaired) electrons. The normalized spacial score (nSPS) is 10.5. The van der Waals surface area contributed by atoms with Gasteiger partial charge in [0.15, 0.2) is 0 Å². The zero-order valence-electron chi connectivity index (χ0n) is 12.4. The fraction of sp³-hybridized carbons (Fsp3) is 0.333. The number of hydrogen-bond acceptors (Lipinski definition) is 4. The van der Waals surface area contributed by atoms with Gasteiger partial charge in [0.25, 0.3) is 0 Å². The number of rotatable bonds is 4. The number of urea groups is 1. The topological polar surface area (TPSA) is 78.6 Å². The van der Waals surface area contributed by atoms with Gasteiger partial charge < -0.3 is 19.7 Å². The van der Waals surface area contributed by atoms with Gasteiger partial charge in [0.05, 0.1) is 12.3 Å². The molecular weight excluding hydrogens is 270 g/mol. The van der Waals surface area contributed by atoms with Crippen LogP contribution < -0.4 is 5.32 Å². The van der Waals surface area contributed by atoms with Gasteiger partial charge in [0.2, 0.25) is 5.89 Å². The first-order chi connectivity index (χ1) is 10.0. The molecule has 1 aromatic carbocycles. The molecule has 0 bridgehead atoms. The predicted octanol–water partition coefficient (Wildman–Crippen LogP) is 2.41. The molecular formula is C15H19N3O3. The van der Waals surface area contributed by atoms with Crippen molar-refractivity contribution in [2.75, 3.05) is 25.5 Å². The molecule has 0 fully saturated rings. The Hall–Kier alpha value is -2.34. The van der Waals surface area contributed by atoms with Crippen molar-refractivity contribution in [2.24, 2.45) is 0 Å². The van der Waals surface area contributed by atoms with E-state index in [0.29, 0.717) is 11.6 Å². The summed E-state index contributed by atoms with van der Waals surface area (Å²) in [6.45, 7) is 3.96. The number of hydrogen-bond donors (Lipinski definition) is 2. The van der Waals surface area contributed by atoms with E-state index in [1.54, 1.807) is 19.2 Å². The predicted molar refractivity (Wildman–Crippen MR) is 80.1 cm³/mol. The van der Waals surface area contributed by atoms with Crippen LogP contribution in [0.1, 0.15) is 11.5 Å². The third-order valence-corrected chi connectivity index (χ3v) is 3.17. The summed E-state index contributed by atoms with van der Waals surface area (Å²) in [7, 11) is 1.62. The Labute approximate surface area is 123 Å². The molecule has 0 unspecified atom stereocenters. The van der Waals surface area contributed by atoms with Gasteiger partial charge in [-0.2, -0.15) is 0 Å². The molecule has 1 heterocycles. The monoisotopic (exact) mass is 289 g/mol. The van der Waals surface area contributed by atoms with E-state index < -0.39 is 0 Å². The molecule has 0 aliphatic rings. The maximum Gasteiger partial charge on any atom is 0.321 e. The molecule has 112 valence electrons. The second kappa shape index (κ2) is 6.41. The number of oxazole rings is 1. The average Bonchev–Trinajstić information content (AvgIpc) is 2.79. The number of aryl methyl sites for hydroxylation is 2. The molecule has 0 aliphatic heterocycles. The van der Waals surface area contributed by atoms with E-state index in [2.05, 4.69) is 10.3 Å². The lowest BCUT2D eigenvalue weighted by molar-refractivity contribution is 0.202. The molecule has 2 N–H and O–H groups in total. The highest BCUT2D eigenvalue weighted by atomic mass is 16.4. The molecule has 2 aromatic rings. The molecule has 6 heteroatoms. The number of aromatic nitrogens is 1. The van der Waals surface area contributed by atoms with Crippen LogP contribution in [-0.2, 0) is 0 Å². The Balaban J connectivity index is 2.16. The number of aliphatic hydroxyl groups excluding tert-OH is 1. The molecule has 21 heavy (non-hydrogen) atoms. The van der Waals surface area contributed by atoms with Gasteiger partial charge in [-0.1, -0.05) is 6.07 Å². The van der Waals surface area contributed by atoms with Crippen LogP contribution in [0.4, 0.5) is 10.5 Å². The Kier molecular flexibility index (Phi) is 4.59. The van der Waals surface area contributed by atoms with Crippen molar-refractivity contribution < 1.29 is 14.3 Å². The summed E-state index contributed by atoms with van der Waals surface area (Å²) in [5.41, 5.74) is 2.30. The van der Waals surface area contributed by atoms with Crippen LogP contribution in [0.5, 0.6) is 0 Å². The summed E-state index contributed by atoms with van der Waals surface area (Å²) in [6.07, 6.45) is 0. The zero-order valence-corrected chi connectivity index (χ0v) is 12.4. The van der Waals surface area contributed by atoms with Gasteiger partial charge in [-0.3, -0.25) is 0 Å². The molecule has 6 nitrogen and oxygen atoms in total. The van der Waals surface area contributed by atoms with E-state index in [4.69, 9.17) is 9.52 Å². The minimum absolute atomic E-state index is 0.0706. The highest BCUT2D eigenvalue weighted by Crippen LogP contribution is 2.24. The van der Waals surface area contributed by atoms with Gasteiger partial charge in [-0.15, -0.1) is 0 Å². The first-order valence-electron chi connectivity index (χ1n) is 6.68. The largest absolute Gasteiger partial charge is 0.441 e. The van der Waals surface area contributed by atoms with Crippen molar-refractivity contribution in [2.45, 2.75) is 13.8 Å². The minimum Gasteiger partial charge on any atom is -0.441 e. The van der Waals surface area contributed by atoms with Crippen LogP contribution in [0.3, 0.4) is 0 Å². The Morgan fingerprint density at radius 3 is 2.81 bits per heavy atom. The molecule has 0 aliphatic carbocycles. The third kappa shape index (κ3) is 3.61. The third-order valence-electron chi connectivity index (χ3n) is 3.17. The highest BCUT2D eigenvalue weighted by Gasteiger charge is 2.11. The van der Waals surface area contributed by atoms with E-state index in [-0.39, 0.29) is 19.2 Å². The molecule has 2 amide bonds. The number of carbonyl (C=O) groups is 1. The van der Waals surface area contributed by atoms with Crippen LogP contribution in [0.25, 0.3) is 11.5 Å². The van der Waals surface area contributed by atoms with E-state index in [9.17, 15) is 4.79 Å². The van der Waals surface area contributed by atoms with Crippen molar-refractivity contribution in [1.29, 1.82) is 0 Å². The summed E-state index contributed by atoms with van der Waals surface area (Å²) in [4.78, 5) is 17.6. The maximum atomic E-state index is 11.9. The highest BCUT2D eigenvalue weighted by molar-refractivity contribution is 5.89. The first kappa shape index (κ1) is 15.1. The SMILES string of the molecule is Cc1nc(-c2cccc(NC(=O)N(C)CCO)c2)oc1C. The van der Waals surface area contributed by atoms with Crippen LogP contribution >= 0.6 is 0 Å². The molecule has 0 saturated heterocycles. The van der Waals surface area contributed by atoms with Crippen LogP contribution in [-0.4, -0.2) is 41.2 Å². The second-order valence-corrected chi connectivity index (χ2v) is 4.82. The van der Waals surface area contributed by atoms with Gasteiger partial charge in [-0.05, 0) is 32.0 Å². The van der Waals surface area contributed by atoms with E-state index in [1.165, 1.54) is 4.90 Å². The van der Waals surface area contributed by atoms with Gasteiger partial charge >= 0.3 is 6.03 Å². The summed E-state index contributed by atoms with van der Waals surface area (Å²) in [5.74, 6) is 1.31. The quantitative estimate of drug-likeness (QED) is 0.906. The zero-order chi connectivity index (χ0) is 15.4. The van der Waals surface area contributed by atoms with Crippen molar-refractivity contribution in [3.8, 4) is 11.5 Å². The second-order valence-electron chi connectivity index (χ2n) is 4.82. The number of nitrogens with zero attached hydrogens (tertiary/aromatic N) is 2. The van der Waals surface area contributed by atoms with Crippen LogP contribution in [0, 0.1) is 13.8 Å². The van der Waals surface area contributed by atoms with E-state index in [1.807, 2.05) is 26.0 Å². The lowest BCUT2D eigenvalue weighted by Crippen LogP contribution is -2.33. The molecule has 0 spiro atoms. The number of nitrogens with one attached hydrogen (secondary N) is 1. The summed E-state index contributed by atoms with van der Waals surface area (Å²) < 4.78 is 5.58. The standard InChI is InChI=1S/C15H19N3O3/c1-10-11(2)21-14(16-10)12-5-4-6-13(9-12)17-15(20)18(3)7-8-19/h4-6,9,19H,7-8H2,1-3H3,(H,17,20). The summed E-state index contributed by atoms with van der Waals surface area (Å²) in [5, 5.41) is 11.6. The van der Waals surface area contributed by atoms with Gasteiger partial charge in [0, 0.05) is 24.8 Å². The molecule has 2 rings (SSSR count). The van der Waals surface area contributed by atoms with E-state index >= 15 is 0 Å². The lowest BCUT2D eigenvalue weighted by atomic mass is 10.2. The molecule has 0 atom stereocenters. The number of aliphatic hydroxyl groups is 1. The Bertz CT molecular complexity index is 617. The fourth-order valence-electron chi connectivity index (χ4n) is 1.80. The van der Waals surface area contributed by atoms with E-state index in [0.717, 1.165) is 17.0 Å². The van der Waals surface area contributed by atoms with Crippen molar-refractivity contribution in [3.63, 3.8) is 0 Å². The average molecular weight is 289 g/mol. The molecule has 1 aromatic heterocycles. The lowest BCUT2D eigenvalue weighted by Gasteiger charge is -2.16. The number of likely N-dealkylation sites (N-methyl/N-ethyl adjacent to an activating group) is 1. The first-order valence-corrected chi connectivity index (χ1v) is 6.68. The number of anilines is 1. The smallest absolute Gasteiger partial charge is 0.321 e. The molecule has 0 saturated carbocycles. The number of carbonyl (C=O) groups excluding carboxylic acids is 1. The Morgan fingerprint density at radius 1 is 1.43 bits per heavy atom. The van der Waals surface area contributed by atoms with Crippen molar-refractivity contribution in [3.05, 3.63) is 35.7 Å². The van der Waals surface area contributed by atoms with Gasteiger partial charge in [0.1, 0.15) is 5.76 Å². The maximum absolute atomic E-state index is 11.9. The number of amides is 2. The fourth-order valence-corrected chi connectivity index (χ4v) is 1.80. The Morgan fingerprint density at radius 2 is 2.19 bits per heavy atom. The van der Waals surface area contributed by atoms with Crippen molar-refractivity contribution >= 4 is 11.7 Å². The van der Waals surface area contributed by atoms with Gasteiger partial charge in [-0.25, -0.2) is 9.78 Å². The van der Waals surface area contributed by atoms with Crippen LogP contribution in [0.2, 0.25) is 0 Å².